The minimum absolute atomic E-state index is 0.00235. The Bertz CT molecular complexity index is 1630. The first-order chi connectivity index (χ1) is 15.4. The molecule has 0 saturated carbocycles. The van der Waals surface area contributed by atoms with Gasteiger partial charge in [-0.2, -0.15) is 9.78 Å². The quantitative estimate of drug-likeness (QED) is 0.366. The number of aromatic nitrogens is 3. The molecule has 2 N–H and O–H groups in total. The molecular formula is C21H13Cl2N5O3S. The smallest absolute Gasteiger partial charge is 0.214 e. The molecule has 0 aliphatic rings. The molecule has 0 unspecified atom stereocenters. The van der Waals surface area contributed by atoms with E-state index >= 15 is 0 Å². The number of halogens is 2. The SMILES string of the molecule is Nc1c(S(=O)(=O)c2cc(Cl)ccc2Cl)c2nc3ccccc3nc2n1/N=C\c1ccco1. The van der Waals surface area contributed by atoms with Crippen molar-refractivity contribution in [2.45, 2.75) is 9.79 Å². The van der Waals surface area contributed by atoms with Gasteiger partial charge in [0.15, 0.2) is 5.65 Å². The van der Waals surface area contributed by atoms with E-state index in [0.29, 0.717) is 16.8 Å². The highest BCUT2D eigenvalue weighted by Gasteiger charge is 2.32. The Morgan fingerprint density at radius 2 is 1.78 bits per heavy atom. The van der Waals surface area contributed by atoms with Gasteiger partial charge in [0.2, 0.25) is 9.84 Å². The van der Waals surface area contributed by atoms with Crippen LogP contribution in [0.25, 0.3) is 22.2 Å². The number of furan rings is 1. The van der Waals surface area contributed by atoms with Crippen molar-refractivity contribution >= 4 is 67.3 Å². The van der Waals surface area contributed by atoms with Crippen LogP contribution in [0, 0.1) is 0 Å². The molecule has 0 aliphatic carbocycles. The summed E-state index contributed by atoms with van der Waals surface area (Å²) in [6.07, 6.45) is 2.89. The molecule has 0 spiro atoms. The van der Waals surface area contributed by atoms with Crippen LogP contribution in [0.3, 0.4) is 0 Å². The number of fused-ring (bicyclic) bond motifs is 2. The van der Waals surface area contributed by atoms with Crippen molar-refractivity contribution in [1.29, 1.82) is 0 Å². The number of rotatable bonds is 4. The normalized spacial score (nSPS) is 12.3. The van der Waals surface area contributed by atoms with Gasteiger partial charge < -0.3 is 10.2 Å². The summed E-state index contributed by atoms with van der Waals surface area (Å²) in [7, 11) is -4.23. The van der Waals surface area contributed by atoms with Gasteiger partial charge in [-0.15, -0.1) is 0 Å². The highest BCUT2D eigenvalue weighted by Crippen LogP contribution is 2.38. The standard InChI is InChI=1S/C21H13Cl2N5O3S/c22-12-7-8-14(23)17(10-12)32(29,30)19-18-21(27-16-6-2-1-5-15(16)26-18)28(20(19)24)25-11-13-4-3-9-31-13/h1-11H,24H2/b25-11-. The van der Waals surface area contributed by atoms with E-state index in [1.165, 1.54) is 35.4 Å². The van der Waals surface area contributed by atoms with Crippen LogP contribution in [0.15, 0.2) is 80.2 Å². The molecule has 2 aromatic carbocycles. The third kappa shape index (κ3) is 3.31. The van der Waals surface area contributed by atoms with E-state index in [2.05, 4.69) is 15.1 Å². The summed E-state index contributed by atoms with van der Waals surface area (Å²) in [6.45, 7) is 0. The van der Waals surface area contributed by atoms with Crippen molar-refractivity contribution in [3.05, 3.63) is 76.7 Å². The molecule has 8 nitrogen and oxygen atoms in total. The van der Waals surface area contributed by atoms with Crippen LogP contribution in [0.4, 0.5) is 5.82 Å². The van der Waals surface area contributed by atoms with Crippen molar-refractivity contribution in [1.82, 2.24) is 14.6 Å². The van der Waals surface area contributed by atoms with Crippen LogP contribution in [0.5, 0.6) is 0 Å². The Labute approximate surface area is 191 Å². The average Bonchev–Trinajstić information content (AvgIpc) is 3.38. The molecule has 0 amide bonds. The summed E-state index contributed by atoms with van der Waals surface area (Å²) in [5.41, 5.74) is 7.60. The number of hydrogen-bond donors (Lipinski definition) is 1. The highest BCUT2D eigenvalue weighted by molar-refractivity contribution is 7.92. The zero-order valence-corrected chi connectivity index (χ0v) is 18.4. The minimum atomic E-state index is -4.23. The molecule has 3 heterocycles. The van der Waals surface area contributed by atoms with E-state index in [9.17, 15) is 8.42 Å². The molecule has 0 saturated heterocycles. The molecule has 160 valence electrons. The van der Waals surface area contributed by atoms with Gasteiger partial charge in [-0.1, -0.05) is 35.3 Å². The van der Waals surface area contributed by atoms with Gasteiger partial charge in [-0.25, -0.2) is 18.4 Å². The lowest BCUT2D eigenvalue weighted by molar-refractivity contribution is 0.559. The molecule has 32 heavy (non-hydrogen) atoms. The number of para-hydroxylation sites is 2. The molecule has 3 aromatic heterocycles. The van der Waals surface area contributed by atoms with Gasteiger partial charge in [0, 0.05) is 5.02 Å². The Morgan fingerprint density at radius 1 is 1.03 bits per heavy atom. The van der Waals surface area contributed by atoms with Gasteiger partial charge in [0.05, 0.1) is 33.4 Å². The number of nitrogens with zero attached hydrogens (tertiary/aromatic N) is 4. The maximum absolute atomic E-state index is 13.6. The second-order valence-corrected chi connectivity index (χ2v) is 9.45. The number of hydrogen-bond acceptors (Lipinski definition) is 7. The fraction of sp³-hybridized carbons (Fsp3) is 0. The van der Waals surface area contributed by atoms with E-state index in [-0.39, 0.29) is 36.8 Å². The Kier molecular flexibility index (Phi) is 4.89. The van der Waals surface area contributed by atoms with E-state index in [1.54, 1.807) is 36.4 Å². The van der Waals surface area contributed by atoms with Crippen LogP contribution in [0.1, 0.15) is 5.76 Å². The van der Waals surface area contributed by atoms with Crippen molar-refractivity contribution in [3.63, 3.8) is 0 Å². The zero-order chi connectivity index (χ0) is 22.5. The second-order valence-electron chi connectivity index (χ2n) is 6.75. The zero-order valence-electron chi connectivity index (χ0n) is 16.1. The van der Waals surface area contributed by atoms with Crippen molar-refractivity contribution < 1.29 is 12.8 Å². The van der Waals surface area contributed by atoms with E-state index in [1.807, 2.05) is 0 Å². The fourth-order valence-corrected chi connectivity index (χ4v) is 5.52. The van der Waals surface area contributed by atoms with Crippen molar-refractivity contribution in [2.24, 2.45) is 5.10 Å². The van der Waals surface area contributed by atoms with Gasteiger partial charge >= 0.3 is 0 Å². The lowest BCUT2D eigenvalue weighted by atomic mass is 10.3. The first kappa shape index (κ1) is 20.5. The predicted octanol–water partition coefficient (Wildman–Crippen LogP) is 4.78. The largest absolute Gasteiger partial charge is 0.463 e. The van der Waals surface area contributed by atoms with Gasteiger partial charge in [-0.05, 0) is 42.5 Å². The van der Waals surface area contributed by atoms with Crippen LogP contribution >= 0.6 is 23.2 Å². The lowest BCUT2D eigenvalue weighted by Crippen LogP contribution is -2.07. The number of anilines is 1. The summed E-state index contributed by atoms with van der Waals surface area (Å²) in [5.74, 6) is 0.274. The third-order valence-corrected chi connectivity index (χ3v) is 7.26. The van der Waals surface area contributed by atoms with E-state index in [4.69, 9.17) is 33.4 Å². The Hall–Kier alpha value is -3.40. The molecule has 5 aromatic rings. The number of sulfone groups is 1. The van der Waals surface area contributed by atoms with Gasteiger partial charge in [0.1, 0.15) is 22.0 Å². The number of nitrogens with two attached hydrogens (primary N) is 1. The van der Waals surface area contributed by atoms with Crippen LogP contribution in [-0.2, 0) is 9.84 Å². The van der Waals surface area contributed by atoms with Gasteiger partial charge in [-0.3, -0.25) is 0 Å². The second kappa shape index (κ2) is 7.63. The number of nitrogen functional groups attached to an aromatic ring is 1. The van der Waals surface area contributed by atoms with Crippen LogP contribution in [0.2, 0.25) is 10.0 Å². The van der Waals surface area contributed by atoms with Crippen molar-refractivity contribution in [3.8, 4) is 0 Å². The average molecular weight is 486 g/mol. The molecule has 5 rings (SSSR count). The first-order valence-electron chi connectivity index (χ1n) is 9.21. The van der Waals surface area contributed by atoms with E-state index < -0.39 is 9.84 Å². The Balaban J connectivity index is 1.85. The topological polar surface area (TPSA) is 116 Å². The predicted molar refractivity (Wildman–Crippen MR) is 123 cm³/mol. The molecular weight excluding hydrogens is 473 g/mol. The molecule has 0 aliphatic heterocycles. The summed E-state index contributed by atoms with van der Waals surface area (Å²) in [5, 5.41) is 4.51. The summed E-state index contributed by atoms with van der Waals surface area (Å²) >= 11 is 12.2. The number of benzene rings is 2. The van der Waals surface area contributed by atoms with Gasteiger partial charge in [0.25, 0.3) is 0 Å². The van der Waals surface area contributed by atoms with E-state index in [0.717, 1.165) is 0 Å². The molecule has 0 atom stereocenters. The van der Waals surface area contributed by atoms with Crippen LogP contribution < -0.4 is 5.73 Å². The Morgan fingerprint density at radius 3 is 2.50 bits per heavy atom. The summed E-state index contributed by atoms with van der Waals surface area (Å²) in [4.78, 5) is 8.64. The maximum atomic E-state index is 13.6. The summed E-state index contributed by atoms with van der Waals surface area (Å²) < 4.78 is 33.8. The minimum Gasteiger partial charge on any atom is -0.463 e. The lowest BCUT2D eigenvalue weighted by Gasteiger charge is -2.07. The molecule has 0 bridgehead atoms. The highest BCUT2D eigenvalue weighted by atomic mass is 35.5. The molecule has 11 heteroatoms. The molecule has 0 fully saturated rings. The first-order valence-corrected chi connectivity index (χ1v) is 11.4. The maximum Gasteiger partial charge on any atom is 0.214 e. The summed E-state index contributed by atoms with van der Waals surface area (Å²) in [6, 6.07) is 14.6. The third-order valence-electron chi connectivity index (χ3n) is 4.72. The van der Waals surface area contributed by atoms with Crippen LogP contribution in [-0.4, -0.2) is 29.3 Å². The van der Waals surface area contributed by atoms with Crippen molar-refractivity contribution in [2.75, 3.05) is 5.73 Å². The monoisotopic (exact) mass is 485 g/mol. The molecule has 0 radical (unpaired) electrons. The fourth-order valence-electron chi connectivity index (χ4n) is 3.28.